The lowest BCUT2D eigenvalue weighted by Gasteiger charge is -2.34. The van der Waals surface area contributed by atoms with Gasteiger partial charge in [0.15, 0.2) is 0 Å². The van der Waals surface area contributed by atoms with Crippen molar-refractivity contribution in [3.8, 4) is 6.07 Å². The van der Waals surface area contributed by atoms with E-state index in [1.165, 1.54) is 11.8 Å². The van der Waals surface area contributed by atoms with Crippen LogP contribution in [0.15, 0.2) is 66.9 Å². The fraction of sp³-hybridized carbons (Fsp3) is 0.208. The monoisotopic (exact) mass is 440 g/mol. The first-order valence-electron chi connectivity index (χ1n) is 10.7. The van der Waals surface area contributed by atoms with Crippen LogP contribution in [0.5, 0.6) is 0 Å². The molecule has 2 N–H and O–H groups in total. The molecule has 2 heterocycles. The Kier molecular flexibility index (Phi) is 7.20. The van der Waals surface area contributed by atoms with Gasteiger partial charge in [0.25, 0.3) is 5.91 Å². The van der Waals surface area contributed by atoms with Crippen LogP contribution in [-0.2, 0) is 0 Å². The number of benzene rings is 2. The van der Waals surface area contributed by atoms with E-state index in [1.54, 1.807) is 24.3 Å². The van der Waals surface area contributed by atoms with Gasteiger partial charge in [0.05, 0.1) is 0 Å². The van der Waals surface area contributed by atoms with E-state index in [0.717, 1.165) is 25.3 Å². The Morgan fingerprint density at radius 2 is 1.85 bits per heavy atom. The predicted octanol–water partition coefficient (Wildman–Crippen LogP) is 2.65. The van der Waals surface area contributed by atoms with Crippen molar-refractivity contribution in [2.75, 3.05) is 38.0 Å². The maximum atomic E-state index is 12.9. The van der Waals surface area contributed by atoms with Gasteiger partial charge >= 0.3 is 0 Å². The number of carbonyl (C=O) groups excluding carboxylic acids is 1. The second kappa shape index (κ2) is 10.8. The number of amides is 1. The molecule has 9 nitrogen and oxygen atoms in total. The van der Waals surface area contributed by atoms with Crippen LogP contribution in [0.25, 0.3) is 11.6 Å². The molecule has 1 amide bonds. The van der Waals surface area contributed by atoms with Gasteiger partial charge in [-0.1, -0.05) is 42.5 Å². The van der Waals surface area contributed by atoms with Crippen LogP contribution < -0.4 is 5.32 Å². The van der Waals surface area contributed by atoms with Crippen LogP contribution >= 0.6 is 0 Å². The molecule has 9 heteroatoms. The summed E-state index contributed by atoms with van der Waals surface area (Å²) in [5.41, 5.74) is 2.83. The molecule has 0 unspecified atom stereocenters. The van der Waals surface area contributed by atoms with E-state index in [-0.39, 0.29) is 17.3 Å². The average molecular weight is 441 g/mol. The minimum atomic E-state index is 0.0288. The van der Waals surface area contributed by atoms with Gasteiger partial charge in [0.1, 0.15) is 11.6 Å². The third-order valence-corrected chi connectivity index (χ3v) is 5.35. The normalized spacial score (nSPS) is 14.9. The highest BCUT2D eigenvalue weighted by molar-refractivity contribution is 5.94. The number of hydrogen-bond acceptors (Lipinski definition) is 7. The lowest BCUT2D eigenvalue weighted by atomic mass is 10.1. The van der Waals surface area contributed by atoms with Crippen molar-refractivity contribution >= 4 is 23.2 Å². The Labute approximate surface area is 192 Å². The van der Waals surface area contributed by atoms with E-state index in [2.05, 4.69) is 55.1 Å². The Morgan fingerprint density at radius 3 is 2.52 bits per heavy atom. The molecule has 0 saturated carbocycles. The largest absolute Gasteiger partial charge is 0.360 e. The number of hydrogen-bond donors (Lipinski definition) is 2. The number of aromatic amines is 1. The van der Waals surface area contributed by atoms with Gasteiger partial charge in [0, 0.05) is 50.2 Å². The number of allylic oxidation sites excluding steroid dienone is 1. The zero-order valence-corrected chi connectivity index (χ0v) is 18.1. The molecule has 1 saturated heterocycles. The predicted molar refractivity (Wildman–Crippen MR) is 126 cm³/mol. The fourth-order valence-electron chi connectivity index (χ4n) is 3.51. The minimum Gasteiger partial charge on any atom is -0.360 e. The van der Waals surface area contributed by atoms with Gasteiger partial charge < -0.3 is 10.2 Å². The van der Waals surface area contributed by atoms with Crippen molar-refractivity contribution in [3.05, 3.63) is 83.8 Å². The highest BCUT2D eigenvalue weighted by atomic mass is 16.2. The molecule has 0 spiro atoms. The third-order valence-electron chi connectivity index (χ3n) is 5.35. The number of carbonyl (C=O) groups is 1. The standard InChI is InChI=1S/C24H24N8O/c25-17-21(23-27-29-30-28-23)18-26-22-10-8-20(9-11-22)24(33)32-15-13-31(14-16-32)12-4-7-19-5-2-1-3-6-19/h1-11,18,26H,12-16H2,(H,27,28,29,30). The van der Waals surface area contributed by atoms with Crippen LogP contribution in [0.4, 0.5) is 5.69 Å². The molecule has 1 aliphatic heterocycles. The summed E-state index contributed by atoms with van der Waals surface area (Å²) in [7, 11) is 0. The second-order valence-electron chi connectivity index (χ2n) is 7.53. The van der Waals surface area contributed by atoms with E-state index in [0.29, 0.717) is 18.7 Å². The van der Waals surface area contributed by atoms with E-state index >= 15 is 0 Å². The molecule has 4 rings (SSSR count). The summed E-state index contributed by atoms with van der Waals surface area (Å²) in [6.45, 7) is 3.98. The van der Waals surface area contributed by atoms with Crippen molar-refractivity contribution in [2.45, 2.75) is 0 Å². The summed E-state index contributed by atoms with van der Waals surface area (Å²) < 4.78 is 0. The summed E-state index contributed by atoms with van der Waals surface area (Å²) in [6.07, 6.45) is 5.81. The molecule has 1 aliphatic rings. The van der Waals surface area contributed by atoms with Gasteiger partial charge in [-0.25, -0.2) is 0 Å². The number of nitrogens with one attached hydrogen (secondary N) is 2. The smallest absolute Gasteiger partial charge is 0.253 e. The first-order chi connectivity index (χ1) is 16.2. The first kappa shape index (κ1) is 21.9. The minimum absolute atomic E-state index is 0.0288. The average Bonchev–Trinajstić information content (AvgIpc) is 3.40. The van der Waals surface area contributed by atoms with Crippen molar-refractivity contribution in [1.82, 2.24) is 30.4 Å². The number of nitriles is 1. The van der Waals surface area contributed by atoms with Gasteiger partial charge in [-0.15, -0.1) is 10.2 Å². The van der Waals surface area contributed by atoms with E-state index in [9.17, 15) is 10.1 Å². The molecular formula is C24H24N8O. The van der Waals surface area contributed by atoms with Crippen molar-refractivity contribution in [2.24, 2.45) is 0 Å². The number of rotatable bonds is 7. The zero-order valence-electron chi connectivity index (χ0n) is 18.1. The number of aromatic nitrogens is 4. The molecule has 2 aromatic carbocycles. The van der Waals surface area contributed by atoms with E-state index < -0.39 is 0 Å². The SMILES string of the molecule is N#CC(=CNc1ccc(C(=O)N2CCN(CC=Cc3ccccc3)CC2)cc1)c1nn[nH]n1. The maximum absolute atomic E-state index is 12.9. The number of H-pyrrole nitrogens is 1. The van der Waals surface area contributed by atoms with Crippen molar-refractivity contribution in [3.63, 3.8) is 0 Å². The molecule has 166 valence electrons. The van der Waals surface area contributed by atoms with Crippen LogP contribution in [-0.4, -0.2) is 69.1 Å². The zero-order chi connectivity index (χ0) is 22.9. The quantitative estimate of drug-likeness (QED) is 0.543. The Bertz CT molecular complexity index is 1140. The number of anilines is 1. The topological polar surface area (TPSA) is 114 Å². The highest BCUT2D eigenvalue weighted by Crippen LogP contribution is 2.15. The van der Waals surface area contributed by atoms with Gasteiger partial charge in [0.2, 0.25) is 5.82 Å². The molecule has 0 radical (unpaired) electrons. The molecule has 3 aromatic rings. The molecule has 0 atom stereocenters. The lowest BCUT2D eigenvalue weighted by molar-refractivity contribution is 0.0650. The van der Waals surface area contributed by atoms with Gasteiger partial charge in [-0.05, 0) is 35.0 Å². The molecule has 1 fully saturated rings. The van der Waals surface area contributed by atoms with E-state index in [1.807, 2.05) is 29.2 Å². The van der Waals surface area contributed by atoms with Crippen LogP contribution in [0.3, 0.4) is 0 Å². The summed E-state index contributed by atoms with van der Waals surface area (Å²) >= 11 is 0. The van der Waals surface area contributed by atoms with Crippen molar-refractivity contribution in [1.29, 1.82) is 5.26 Å². The number of tetrazole rings is 1. The second-order valence-corrected chi connectivity index (χ2v) is 7.53. The molecule has 0 bridgehead atoms. The maximum Gasteiger partial charge on any atom is 0.253 e. The summed E-state index contributed by atoms with van der Waals surface area (Å²) in [5.74, 6) is 0.243. The third kappa shape index (κ3) is 5.90. The Morgan fingerprint density at radius 1 is 1.09 bits per heavy atom. The molecule has 33 heavy (non-hydrogen) atoms. The summed E-state index contributed by atoms with van der Waals surface area (Å²) in [4.78, 5) is 17.1. The van der Waals surface area contributed by atoms with Crippen molar-refractivity contribution < 1.29 is 4.79 Å². The number of piperazine rings is 1. The lowest BCUT2D eigenvalue weighted by Crippen LogP contribution is -2.48. The Balaban J connectivity index is 1.27. The summed E-state index contributed by atoms with van der Waals surface area (Å²) in [5, 5.41) is 25.6. The summed E-state index contributed by atoms with van der Waals surface area (Å²) in [6, 6.07) is 19.4. The number of nitrogens with zero attached hydrogens (tertiary/aromatic N) is 6. The Hall–Kier alpha value is -4.29. The van der Waals surface area contributed by atoms with Gasteiger partial charge in [-0.2, -0.15) is 10.5 Å². The van der Waals surface area contributed by atoms with Crippen LogP contribution in [0, 0.1) is 11.3 Å². The first-order valence-corrected chi connectivity index (χ1v) is 10.7. The van der Waals surface area contributed by atoms with E-state index in [4.69, 9.17) is 0 Å². The van der Waals surface area contributed by atoms with Crippen LogP contribution in [0.2, 0.25) is 0 Å². The van der Waals surface area contributed by atoms with Crippen LogP contribution in [0.1, 0.15) is 21.7 Å². The molecule has 1 aromatic heterocycles. The molecular weight excluding hydrogens is 416 g/mol. The van der Waals surface area contributed by atoms with Gasteiger partial charge in [-0.3, -0.25) is 9.69 Å². The highest BCUT2D eigenvalue weighted by Gasteiger charge is 2.21. The molecule has 0 aliphatic carbocycles. The fourth-order valence-corrected chi connectivity index (χ4v) is 3.51.